The van der Waals surface area contributed by atoms with Gasteiger partial charge in [0.05, 0.1) is 18.3 Å². The van der Waals surface area contributed by atoms with Crippen molar-refractivity contribution in [2.75, 3.05) is 0 Å². The van der Waals surface area contributed by atoms with Crippen molar-refractivity contribution < 1.29 is 9.85 Å². The Morgan fingerprint density at radius 1 is 1.13 bits per heavy atom. The molecular formula is C13H26O2. The second-order valence-electron chi connectivity index (χ2n) is 6.56. The van der Waals surface area contributed by atoms with E-state index in [2.05, 4.69) is 48.5 Å². The van der Waals surface area contributed by atoms with Crippen LogP contribution in [-0.2, 0) is 4.74 Å². The van der Waals surface area contributed by atoms with Crippen LogP contribution in [0.1, 0.15) is 48.5 Å². The molecule has 0 aliphatic carbocycles. The van der Waals surface area contributed by atoms with Crippen LogP contribution in [0.3, 0.4) is 0 Å². The summed E-state index contributed by atoms with van der Waals surface area (Å²) in [5.41, 5.74) is 0.107. The maximum Gasteiger partial charge on any atom is 0.211 e. The van der Waals surface area contributed by atoms with E-state index in [0.29, 0.717) is 0 Å². The van der Waals surface area contributed by atoms with Gasteiger partial charge in [0.2, 0.25) is 1.43 Å². The molecule has 0 spiro atoms. The van der Waals surface area contributed by atoms with Gasteiger partial charge in [-0.1, -0.05) is 41.5 Å². The van der Waals surface area contributed by atoms with E-state index in [1.807, 2.05) is 0 Å². The fourth-order valence-corrected chi connectivity index (χ4v) is 1.98. The highest BCUT2D eigenvalue weighted by atomic mass is 16.5. The monoisotopic (exact) mass is 216 g/mol. The van der Waals surface area contributed by atoms with E-state index >= 15 is 0 Å². The van der Waals surface area contributed by atoms with E-state index in [1.165, 1.54) is 0 Å². The molecule has 2 nitrogen and oxygen atoms in total. The molecule has 15 heavy (non-hydrogen) atoms. The Labute approximate surface area is 95.5 Å². The zero-order chi connectivity index (χ0) is 12.7. The van der Waals surface area contributed by atoms with E-state index in [9.17, 15) is 0 Å². The maximum atomic E-state index is 7.26. The van der Waals surface area contributed by atoms with Crippen molar-refractivity contribution in [2.45, 2.75) is 66.8 Å². The second kappa shape index (κ2) is 3.74. The van der Waals surface area contributed by atoms with Crippen LogP contribution in [-0.4, -0.2) is 24.9 Å². The highest BCUT2D eigenvalue weighted by Gasteiger charge is 2.50. The SMILES string of the molecule is [3H]O[C@H]1C(C)[C@H](C)O[C@@H]1C(C)(C)C(C)(C)C. The Morgan fingerprint density at radius 2 is 1.67 bits per heavy atom. The highest BCUT2D eigenvalue weighted by molar-refractivity contribution is 4.99. The van der Waals surface area contributed by atoms with Gasteiger partial charge in [-0.25, -0.2) is 0 Å². The summed E-state index contributed by atoms with van der Waals surface area (Å²) in [4.78, 5) is 0. The standard InChI is InChI=1S/C13H26O2/c1-8-9(2)15-11(10(8)14)13(6,7)12(3,4)5/h8-11,14H,1-7H3/t8?,9-,10-,11-/m0/s1/i14T. The number of aliphatic hydroxyl groups is 1. The Morgan fingerprint density at radius 3 is 2.07 bits per heavy atom. The minimum atomic E-state index is -0.121. The molecule has 0 amide bonds. The van der Waals surface area contributed by atoms with Crippen LogP contribution in [0.2, 0.25) is 0 Å². The lowest BCUT2D eigenvalue weighted by molar-refractivity contribution is -0.0975. The summed E-state index contributed by atoms with van der Waals surface area (Å²) in [5.74, 6) is 0.282. The summed E-state index contributed by atoms with van der Waals surface area (Å²) in [5, 5.41) is 4.91. The third kappa shape index (κ3) is 2.07. The van der Waals surface area contributed by atoms with Crippen LogP contribution >= 0.6 is 0 Å². The van der Waals surface area contributed by atoms with Crippen molar-refractivity contribution in [1.82, 2.24) is 0 Å². The van der Waals surface area contributed by atoms with Gasteiger partial charge in [0.1, 0.15) is 0 Å². The van der Waals surface area contributed by atoms with Crippen molar-refractivity contribution in [3.05, 3.63) is 0 Å². The molecule has 2 heteroatoms. The lowest BCUT2D eigenvalue weighted by Gasteiger charge is -2.44. The first-order valence-corrected chi connectivity index (χ1v) is 5.90. The molecule has 1 heterocycles. The zero-order valence-electron chi connectivity index (χ0n) is 12.1. The molecule has 4 atom stereocenters. The smallest absolute Gasteiger partial charge is 0.211 e. The lowest BCUT2D eigenvalue weighted by atomic mass is 9.64. The molecule has 1 N–H and O–H groups in total. The van der Waals surface area contributed by atoms with Gasteiger partial charge in [-0.2, -0.15) is 0 Å². The average molecular weight is 216 g/mol. The van der Waals surface area contributed by atoms with Crippen LogP contribution in [0.5, 0.6) is 0 Å². The normalized spacial score (nSPS) is 39.3. The lowest BCUT2D eigenvalue weighted by Crippen LogP contribution is -2.46. The van der Waals surface area contributed by atoms with Crippen LogP contribution in [0.25, 0.3) is 0 Å². The Bertz CT molecular complexity index is 245. The molecule has 1 saturated heterocycles. The van der Waals surface area contributed by atoms with Gasteiger partial charge in [-0.05, 0) is 17.8 Å². The van der Waals surface area contributed by atoms with Crippen molar-refractivity contribution in [3.8, 4) is 0 Å². The molecule has 0 bridgehead atoms. The van der Waals surface area contributed by atoms with Gasteiger partial charge in [-0.15, -0.1) is 0 Å². The molecule has 1 rings (SSSR count). The van der Waals surface area contributed by atoms with Gasteiger partial charge in [-0.3, -0.25) is 0 Å². The van der Waals surface area contributed by atoms with Crippen molar-refractivity contribution in [3.63, 3.8) is 0 Å². The summed E-state index contributed by atoms with van der Waals surface area (Å²) < 4.78 is 13.3. The van der Waals surface area contributed by atoms with Gasteiger partial charge in [0, 0.05) is 5.92 Å². The summed E-state index contributed by atoms with van der Waals surface area (Å²) >= 11 is 0. The van der Waals surface area contributed by atoms with Crippen LogP contribution in [0.4, 0.5) is 0 Å². The predicted molar refractivity (Wildman–Crippen MR) is 62.7 cm³/mol. The summed E-state index contributed by atoms with van der Waals surface area (Å²) in [7, 11) is 0. The maximum absolute atomic E-state index is 7.26. The van der Waals surface area contributed by atoms with E-state index < -0.39 is 0 Å². The number of ether oxygens (including phenoxy) is 1. The number of aliphatic hydroxyl groups excluding tert-OH is 1. The molecule has 0 aromatic heterocycles. The molecule has 90 valence electrons. The summed E-state index contributed by atoms with van der Waals surface area (Å²) in [6, 6.07) is 0. The van der Waals surface area contributed by atoms with Crippen LogP contribution in [0.15, 0.2) is 0 Å². The second-order valence-corrected chi connectivity index (χ2v) is 6.56. The van der Waals surface area contributed by atoms with Crippen molar-refractivity contribution in [2.24, 2.45) is 16.7 Å². The molecule has 1 fully saturated rings. The molecule has 1 unspecified atom stereocenters. The topological polar surface area (TPSA) is 29.5 Å². The quantitative estimate of drug-likeness (QED) is 0.769. The fraction of sp³-hybridized carbons (Fsp3) is 1.00. The summed E-state index contributed by atoms with van der Waals surface area (Å²) in [6.07, 6.45) is 0.0428. The third-order valence-electron chi connectivity index (χ3n) is 4.56. The largest absolute Gasteiger partial charge is 0.390 e. The van der Waals surface area contributed by atoms with E-state index in [0.717, 1.165) is 0 Å². The summed E-state index contributed by atoms with van der Waals surface area (Å²) in [6.45, 7) is 15.2. The Balaban J connectivity index is 2.96. The molecule has 1 aliphatic heterocycles. The average Bonchev–Trinajstić information content (AvgIpc) is 2.42. The predicted octanol–water partition coefficient (Wildman–Crippen LogP) is 2.84. The van der Waals surface area contributed by atoms with Crippen molar-refractivity contribution in [1.29, 1.82) is 1.43 Å². The minimum absolute atomic E-state index is 0.00463. The van der Waals surface area contributed by atoms with Gasteiger partial charge >= 0.3 is 0 Å². The van der Waals surface area contributed by atoms with Gasteiger partial charge < -0.3 is 9.85 Å². The Hall–Kier alpha value is -0.0800. The Kier molecular flexibility index (Phi) is 2.85. The van der Waals surface area contributed by atoms with E-state index in [4.69, 9.17) is 11.3 Å². The van der Waals surface area contributed by atoms with E-state index in [1.54, 1.807) is 0 Å². The first-order valence-electron chi connectivity index (χ1n) is 6.31. The molecule has 0 aromatic carbocycles. The molecule has 0 radical (unpaired) electrons. The molecule has 0 saturated carbocycles. The number of hydrogen-bond donors (Lipinski definition) is 1. The highest BCUT2D eigenvalue weighted by Crippen LogP contribution is 2.47. The molecule has 0 aromatic rings. The fourth-order valence-electron chi connectivity index (χ4n) is 1.98. The molecular weight excluding hydrogens is 188 g/mol. The van der Waals surface area contributed by atoms with Gasteiger partial charge in [0.25, 0.3) is 0 Å². The first kappa shape index (κ1) is 11.4. The van der Waals surface area contributed by atoms with E-state index in [-0.39, 0.29) is 35.1 Å². The minimum Gasteiger partial charge on any atom is -0.390 e. The third-order valence-corrected chi connectivity index (χ3v) is 4.56. The first-order chi connectivity index (χ1) is 7.13. The number of hydrogen-bond acceptors (Lipinski definition) is 2. The zero-order valence-corrected chi connectivity index (χ0v) is 11.1. The van der Waals surface area contributed by atoms with Crippen molar-refractivity contribution >= 4 is 0 Å². The van der Waals surface area contributed by atoms with Crippen LogP contribution in [0, 0.1) is 16.7 Å². The van der Waals surface area contributed by atoms with Gasteiger partial charge in [0.15, 0.2) is 0 Å². The van der Waals surface area contributed by atoms with Crippen LogP contribution < -0.4 is 0 Å². The number of rotatable bonds is 2. The molecule has 1 aliphatic rings.